The van der Waals surface area contributed by atoms with Crippen molar-refractivity contribution in [2.24, 2.45) is 4.99 Å². The Morgan fingerprint density at radius 1 is 1.18 bits per heavy atom. The molecule has 0 spiro atoms. The minimum atomic E-state index is -3.68. The Morgan fingerprint density at radius 2 is 1.89 bits per heavy atom. The van der Waals surface area contributed by atoms with Gasteiger partial charge in [0.05, 0.1) is 4.90 Å². The third kappa shape index (κ3) is 4.49. The van der Waals surface area contributed by atoms with E-state index in [9.17, 15) is 13.2 Å². The molecule has 28 heavy (non-hydrogen) atoms. The lowest BCUT2D eigenvalue weighted by Gasteiger charge is -2.13. The molecule has 0 aliphatic heterocycles. The first-order valence-corrected chi connectivity index (χ1v) is 11.4. The molecule has 0 saturated heterocycles. The highest BCUT2D eigenvalue weighted by molar-refractivity contribution is 9.10. The highest BCUT2D eigenvalue weighted by Gasteiger charge is 2.22. The average molecular weight is 480 g/mol. The van der Waals surface area contributed by atoms with Crippen LogP contribution in [-0.4, -0.2) is 37.3 Å². The van der Waals surface area contributed by atoms with Crippen LogP contribution < -0.4 is 4.80 Å². The number of thiazole rings is 1. The maximum absolute atomic E-state index is 12.7. The van der Waals surface area contributed by atoms with Crippen molar-refractivity contribution >= 4 is 43.2 Å². The molecule has 0 saturated carbocycles. The van der Waals surface area contributed by atoms with Gasteiger partial charge in [-0.05, 0) is 39.7 Å². The molecular formula is C19H18BrN3O3S2. The number of aromatic nitrogens is 1. The van der Waals surface area contributed by atoms with Gasteiger partial charge in [0.25, 0.3) is 5.91 Å². The molecule has 0 N–H and O–H groups in total. The summed E-state index contributed by atoms with van der Waals surface area (Å²) in [6.45, 7) is 0.594. The Kier molecular flexibility index (Phi) is 6.29. The predicted molar refractivity (Wildman–Crippen MR) is 113 cm³/mol. The maximum atomic E-state index is 12.7. The van der Waals surface area contributed by atoms with E-state index < -0.39 is 15.9 Å². The van der Waals surface area contributed by atoms with E-state index in [2.05, 4.69) is 20.9 Å². The Labute approximate surface area is 176 Å². The van der Waals surface area contributed by atoms with Crippen LogP contribution in [0.3, 0.4) is 0 Å². The van der Waals surface area contributed by atoms with E-state index in [0.29, 0.717) is 15.8 Å². The van der Waals surface area contributed by atoms with Crippen molar-refractivity contribution in [3.05, 3.63) is 80.5 Å². The molecule has 6 nitrogen and oxygen atoms in total. The molecule has 0 radical (unpaired) electrons. The molecule has 9 heteroatoms. The fraction of sp³-hybridized carbons (Fsp3) is 0.158. The third-order valence-electron chi connectivity index (χ3n) is 3.99. The lowest BCUT2D eigenvalue weighted by molar-refractivity contribution is 0.0997. The largest absolute Gasteiger partial charge is 0.319 e. The second-order valence-electron chi connectivity index (χ2n) is 6.15. The molecule has 2 aromatic carbocycles. The Balaban J connectivity index is 1.96. The van der Waals surface area contributed by atoms with Gasteiger partial charge in [-0.2, -0.15) is 4.99 Å². The molecule has 0 aliphatic rings. The highest BCUT2D eigenvalue weighted by Crippen LogP contribution is 2.25. The molecule has 1 amide bonds. The summed E-state index contributed by atoms with van der Waals surface area (Å²) in [7, 11) is -0.798. The van der Waals surface area contributed by atoms with E-state index in [4.69, 9.17) is 0 Å². The number of sulfonamides is 1. The van der Waals surface area contributed by atoms with E-state index in [1.54, 1.807) is 12.1 Å². The molecule has 0 unspecified atom stereocenters. The summed E-state index contributed by atoms with van der Waals surface area (Å²) in [5.74, 6) is -0.494. The fourth-order valence-electron chi connectivity index (χ4n) is 2.47. The topological polar surface area (TPSA) is 71.7 Å². The summed E-state index contributed by atoms with van der Waals surface area (Å²) >= 11 is 4.59. The van der Waals surface area contributed by atoms with Crippen molar-refractivity contribution in [3.8, 4) is 0 Å². The normalized spacial score (nSPS) is 12.5. The molecule has 146 valence electrons. The fourth-order valence-corrected chi connectivity index (χ4v) is 5.04. The second-order valence-corrected chi connectivity index (χ2v) is 10.00. The number of carbonyl (C=O) groups is 1. The van der Waals surface area contributed by atoms with Crippen LogP contribution in [0.25, 0.3) is 0 Å². The molecule has 1 aromatic heterocycles. The smallest absolute Gasteiger partial charge is 0.279 e. The van der Waals surface area contributed by atoms with Crippen LogP contribution in [0.4, 0.5) is 0 Å². The van der Waals surface area contributed by atoms with E-state index in [0.717, 1.165) is 9.87 Å². The van der Waals surface area contributed by atoms with Gasteiger partial charge in [0.15, 0.2) is 4.80 Å². The number of nitrogens with zero attached hydrogens (tertiary/aromatic N) is 3. The van der Waals surface area contributed by atoms with E-state index >= 15 is 0 Å². The summed E-state index contributed by atoms with van der Waals surface area (Å²) in [5.41, 5.74) is 1.31. The van der Waals surface area contributed by atoms with Gasteiger partial charge < -0.3 is 4.57 Å². The minimum Gasteiger partial charge on any atom is -0.319 e. The molecule has 0 aliphatic carbocycles. The quantitative estimate of drug-likeness (QED) is 0.563. The minimum absolute atomic E-state index is 0.0295. The summed E-state index contributed by atoms with van der Waals surface area (Å²) in [5, 5.41) is 1.86. The molecule has 0 bridgehead atoms. The van der Waals surface area contributed by atoms with Crippen molar-refractivity contribution in [1.29, 1.82) is 0 Å². The Morgan fingerprint density at radius 3 is 2.57 bits per heavy atom. The van der Waals surface area contributed by atoms with E-state index in [1.165, 1.54) is 31.5 Å². The van der Waals surface area contributed by atoms with E-state index in [-0.39, 0.29) is 10.5 Å². The van der Waals surface area contributed by atoms with Gasteiger partial charge in [-0.15, -0.1) is 11.3 Å². The summed E-state index contributed by atoms with van der Waals surface area (Å²) in [6, 6.07) is 14.3. The van der Waals surface area contributed by atoms with Crippen molar-refractivity contribution in [1.82, 2.24) is 8.87 Å². The molecular weight excluding hydrogens is 462 g/mol. The number of carbonyl (C=O) groups excluding carboxylic acids is 1. The number of hydrogen-bond donors (Lipinski definition) is 0. The molecule has 0 fully saturated rings. The first-order chi connectivity index (χ1) is 13.3. The standard InChI is InChI=1S/C19H18BrN3O3S2/c1-22(2)28(25,26)17-12-15(8-9-16(17)20)18(24)21-19-23(10-11-27-19)13-14-6-4-3-5-7-14/h3-12H,13H2,1-2H3. The molecule has 1 heterocycles. The number of benzene rings is 2. The number of hydrogen-bond acceptors (Lipinski definition) is 4. The van der Waals surface area contributed by atoms with Crippen molar-refractivity contribution in [2.45, 2.75) is 11.4 Å². The van der Waals surface area contributed by atoms with Crippen molar-refractivity contribution in [2.75, 3.05) is 14.1 Å². The highest BCUT2D eigenvalue weighted by atomic mass is 79.9. The molecule has 0 atom stereocenters. The van der Waals surface area contributed by atoms with Crippen LogP contribution in [0.15, 0.2) is 74.5 Å². The number of halogens is 1. The molecule has 3 rings (SSSR count). The van der Waals surface area contributed by atoms with Gasteiger partial charge in [-0.1, -0.05) is 30.3 Å². The zero-order valence-corrected chi connectivity index (χ0v) is 18.5. The average Bonchev–Trinajstić information content (AvgIpc) is 3.09. The van der Waals surface area contributed by atoms with Crippen LogP contribution in [0.5, 0.6) is 0 Å². The van der Waals surface area contributed by atoms with Crippen LogP contribution >= 0.6 is 27.3 Å². The predicted octanol–water partition coefficient (Wildman–Crippen LogP) is 3.35. The monoisotopic (exact) mass is 479 g/mol. The van der Waals surface area contributed by atoms with Crippen LogP contribution in [0, 0.1) is 0 Å². The second kappa shape index (κ2) is 8.52. The first-order valence-electron chi connectivity index (χ1n) is 8.28. The zero-order chi connectivity index (χ0) is 20.3. The van der Waals surface area contributed by atoms with Gasteiger partial charge in [-0.3, -0.25) is 4.79 Å². The number of amides is 1. The van der Waals surface area contributed by atoms with Crippen molar-refractivity contribution in [3.63, 3.8) is 0 Å². The van der Waals surface area contributed by atoms with Gasteiger partial charge >= 0.3 is 0 Å². The van der Waals surface area contributed by atoms with Crippen LogP contribution in [0.2, 0.25) is 0 Å². The number of rotatable bonds is 5. The Bertz CT molecular complexity index is 1170. The van der Waals surface area contributed by atoms with Crippen molar-refractivity contribution < 1.29 is 13.2 Å². The third-order valence-corrected chi connectivity index (χ3v) is 7.59. The van der Waals surface area contributed by atoms with E-state index in [1.807, 2.05) is 46.5 Å². The summed E-state index contributed by atoms with van der Waals surface area (Å²) < 4.78 is 28.3. The van der Waals surface area contributed by atoms with Crippen LogP contribution in [-0.2, 0) is 16.6 Å². The SMILES string of the molecule is CN(C)S(=O)(=O)c1cc(C(=O)N=c2sccn2Cc2ccccc2)ccc1Br. The zero-order valence-electron chi connectivity index (χ0n) is 15.2. The maximum Gasteiger partial charge on any atom is 0.279 e. The lowest BCUT2D eigenvalue weighted by Crippen LogP contribution is -2.23. The van der Waals surface area contributed by atoms with Crippen LogP contribution in [0.1, 0.15) is 15.9 Å². The van der Waals surface area contributed by atoms with Gasteiger partial charge in [0.2, 0.25) is 10.0 Å². The summed E-state index contributed by atoms with van der Waals surface area (Å²) in [6.07, 6.45) is 1.87. The molecule has 3 aromatic rings. The lowest BCUT2D eigenvalue weighted by atomic mass is 10.2. The van der Waals surface area contributed by atoms with Gasteiger partial charge in [-0.25, -0.2) is 12.7 Å². The first kappa shape index (κ1) is 20.7. The van der Waals surface area contributed by atoms with Gasteiger partial charge in [0.1, 0.15) is 0 Å². The Hall–Kier alpha value is -2.07. The summed E-state index contributed by atoms with van der Waals surface area (Å²) in [4.78, 5) is 17.5. The van der Waals surface area contributed by atoms with Gasteiger partial charge in [0, 0.05) is 42.3 Å².